The molecule has 1 aliphatic heterocycles. The highest BCUT2D eigenvalue weighted by Gasteiger charge is 2.23. The number of para-hydroxylation sites is 2. The lowest BCUT2D eigenvalue weighted by atomic mass is 10.0. The molecule has 1 N–H and O–H groups in total. The number of halogens is 1. The molecule has 2 aromatic carbocycles. The van der Waals surface area contributed by atoms with Gasteiger partial charge in [-0.15, -0.1) is 0 Å². The van der Waals surface area contributed by atoms with E-state index in [1.54, 1.807) is 6.26 Å². The lowest BCUT2D eigenvalue weighted by molar-refractivity contribution is 0.484. The number of fused-ring (bicyclic) bond motifs is 1. The van der Waals surface area contributed by atoms with E-state index in [0.717, 1.165) is 28.4 Å². The van der Waals surface area contributed by atoms with Crippen LogP contribution in [0.4, 0.5) is 11.4 Å². The highest BCUT2D eigenvalue weighted by molar-refractivity contribution is 6.34. The SMILES string of the molecule is Clc1ccccc1C1=Nc2ccccc2NC(c2ccco2)C1. The highest BCUT2D eigenvalue weighted by Crippen LogP contribution is 2.36. The summed E-state index contributed by atoms with van der Waals surface area (Å²) in [5.74, 6) is 0.890. The molecular formula is C19H15ClN2O. The fraction of sp³-hybridized carbons (Fsp3) is 0.105. The van der Waals surface area contributed by atoms with E-state index in [1.165, 1.54) is 0 Å². The lowest BCUT2D eigenvalue weighted by Gasteiger charge is -2.16. The van der Waals surface area contributed by atoms with Gasteiger partial charge in [-0.25, -0.2) is 0 Å². The standard InChI is InChI=1S/C19H15ClN2O/c20-14-7-2-1-6-13(14)17-12-18(19-10-5-11-23-19)22-16-9-4-3-8-15(16)21-17/h1-11,18,22H,12H2. The van der Waals surface area contributed by atoms with Crippen molar-refractivity contribution in [2.45, 2.75) is 12.5 Å². The summed E-state index contributed by atoms with van der Waals surface area (Å²) in [7, 11) is 0. The predicted octanol–water partition coefficient (Wildman–Crippen LogP) is 5.61. The zero-order valence-electron chi connectivity index (χ0n) is 12.4. The number of furan rings is 1. The number of rotatable bonds is 2. The second-order valence-corrected chi connectivity index (χ2v) is 5.88. The van der Waals surface area contributed by atoms with Crippen molar-refractivity contribution in [1.82, 2.24) is 0 Å². The molecule has 1 aromatic heterocycles. The van der Waals surface area contributed by atoms with Gasteiger partial charge in [0, 0.05) is 17.0 Å². The summed E-state index contributed by atoms with van der Waals surface area (Å²) in [6.07, 6.45) is 2.39. The molecule has 1 aliphatic rings. The average molecular weight is 323 g/mol. The first-order valence-electron chi connectivity index (χ1n) is 7.53. The molecule has 1 unspecified atom stereocenters. The number of benzene rings is 2. The molecular weight excluding hydrogens is 308 g/mol. The first-order valence-corrected chi connectivity index (χ1v) is 7.90. The molecule has 23 heavy (non-hydrogen) atoms. The summed E-state index contributed by atoms with van der Waals surface area (Å²) in [6, 6.07) is 19.7. The lowest BCUT2D eigenvalue weighted by Crippen LogP contribution is -2.14. The van der Waals surface area contributed by atoms with Gasteiger partial charge in [-0.05, 0) is 30.3 Å². The van der Waals surface area contributed by atoms with Gasteiger partial charge in [0.2, 0.25) is 0 Å². The van der Waals surface area contributed by atoms with Crippen molar-refractivity contribution in [3.8, 4) is 0 Å². The van der Waals surface area contributed by atoms with Crippen LogP contribution in [0.3, 0.4) is 0 Å². The van der Waals surface area contributed by atoms with Gasteiger partial charge in [0.25, 0.3) is 0 Å². The third-order valence-electron chi connectivity index (χ3n) is 3.96. The van der Waals surface area contributed by atoms with E-state index in [0.29, 0.717) is 11.4 Å². The molecule has 0 saturated carbocycles. The maximum absolute atomic E-state index is 6.39. The molecule has 0 amide bonds. The molecule has 0 fully saturated rings. The third kappa shape index (κ3) is 2.76. The van der Waals surface area contributed by atoms with Crippen LogP contribution in [0.2, 0.25) is 5.02 Å². The summed E-state index contributed by atoms with van der Waals surface area (Å²) in [5.41, 5.74) is 3.83. The van der Waals surface area contributed by atoms with Gasteiger partial charge in [0.05, 0.1) is 29.4 Å². The molecule has 0 radical (unpaired) electrons. The molecule has 4 heteroatoms. The van der Waals surface area contributed by atoms with E-state index in [1.807, 2.05) is 60.7 Å². The van der Waals surface area contributed by atoms with E-state index in [2.05, 4.69) is 5.32 Å². The maximum atomic E-state index is 6.39. The van der Waals surface area contributed by atoms with Crippen LogP contribution in [0.5, 0.6) is 0 Å². The molecule has 0 saturated heterocycles. The van der Waals surface area contributed by atoms with Crippen LogP contribution in [-0.2, 0) is 0 Å². The average Bonchev–Trinajstić information content (AvgIpc) is 3.03. The second-order valence-electron chi connectivity index (χ2n) is 5.47. The largest absolute Gasteiger partial charge is 0.467 e. The molecule has 3 aromatic rings. The second kappa shape index (κ2) is 5.94. The molecule has 2 heterocycles. The van der Waals surface area contributed by atoms with Crippen molar-refractivity contribution in [2.24, 2.45) is 4.99 Å². The molecule has 0 spiro atoms. The van der Waals surface area contributed by atoms with Crippen LogP contribution in [0.25, 0.3) is 0 Å². The molecule has 0 bridgehead atoms. The quantitative estimate of drug-likeness (QED) is 0.665. The van der Waals surface area contributed by atoms with Gasteiger partial charge in [0.15, 0.2) is 0 Å². The Morgan fingerprint density at radius 3 is 2.65 bits per heavy atom. The summed E-state index contributed by atoms with van der Waals surface area (Å²) < 4.78 is 5.61. The minimum absolute atomic E-state index is 0.0173. The van der Waals surface area contributed by atoms with E-state index < -0.39 is 0 Å². The molecule has 114 valence electrons. The third-order valence-corrected chi connectivity index (χ3v) is 4.29. The Morgan fingerprint density at radius 1 is 1.00 bits per heavy atom. The van der Waals surface area contributed by atoms with Crippen molar-refractivity contribution >= 4 is 28.7 Å². The number of hydrogen-bond acceptors (Lipinski definition) is 3. The van der Waals surface area contributed by atoms with Gasteiger partial charge in [-0.1, -0.05) is 41.9 Å². The van der Waals surface area contributed by atoms with E-state index in [4.69, 9.17) is 21.0 Å². The Bertz CT molecular complexity index is 855. The summed E-state index contributed by atoms with van der Waals surface area (Å²) in [6.45, 7) is 0. The van der Waals surface area contributed by atoms with Gasteiger partial charge in [-0.2, -0.15) is 0 Å². The summed E-state index contributed by atoms with van der Waals surface area (Å²) in [4.78, 5) is 4.86. The smallest absolute Gasteiger partial charge is 0.126 e. The van der Waals surface area contributed by atoms with Crippen molar-refractivity contribution in [1.29, 1.82) is 0 Å². The summed E-state index contributed by atoms with van der Waals surface area (Å²) in [5, 5.41) is 4.24. The van der Waals surface area contributed by atoms with Crippen LogP contribution >= 0.6 is 11.6 Å². The van der Waals surface area contributed by atoms with E-state index in [-0.39, 0.29) is 6.04 Å². The van der Waals surface area contributed by atoms with Crippen LogP contribution in [0.1, 0.15) is 23.8 Å². The topological polar surface area (TPSA) is 37.5 Å². The Morgan fingerprint density at radius 2 is 1.83 bits per heavy atom. The fourth-order valence-corrected chi connectivity index (χ4v) is 3.09. The highest BCUT2D eigenvalue weighted by atomic mass is 35.5. The van der Waals surface area contributed by atoms with E-state index >= 15 is 0 Å². The van der Waals surface area contributed by atoms with Gasteiger partial charge in [-0.3, -0.25) is 4.99 Å². The van der Waals surface area contributed by atoms with Gasteiger partial charge >= 0.3 is 0 Å². The number of aliphatic imine (C=N–C) groups is 1. The van der Waals surface area contributed by atoms with Crippen molar-refractivity contribution in [3.05, 3.63) is 83.3 Å². The molecule has 3 nitrogen and oxygen atoms in total. The minimum Gasteiger partial charge on any atom is -0.467 e. The van der Waals surface area contributed by atoms with E-state index in [9.17, 15) is 0 Å². The maximum Gasteiger partial charge on any atom is 0.126 e. The zero-order valence-corrected chi connectivity index (χ0v) is 13.1. The Kier molecular flexibility index (Phi) is 3.64. The first-order chi connectivity index (χ1) is 11.3. The number of nitrogens with zero attached hydrogens (tertiary/aromatic N) is 1. The Balaban J connectivity index is 1.84. The Labute approximate surface area is 139 Å². The van der Waals surface area contributed by atoms with Gasteiger partial charge < -0.3 is 9.73 Å². The minimum atomic E-state index is 0.0173. The number of anilines is 1. The normalized spacial score (nSPS) is 16.9. The molecule has 1 atom stereocenters. The van der Waals surface area contributed by atoms with Crippen LogP contribution in [0.15, 0.2) is 76.3 Å². The molecule has 4 rings (SSSR count). The van der Waals surface area contributed by atoms with Crippen molar-refractivity contribution in [3.63, 3.8) is 0 Å². The molecule has 0 aliphatic carbocycles. The Hall–Kier alpha value is -2.52. The predicted molar refractivity (Wildman–Crippen MR) is 93.8 cm³/mol. The monoisotopic (exact) mass is 322 g/mol. The van der Waals surface area contributed by atoms with Crippen LogP contribution in [-0.4, -0.2) is 5.71 Å². The van der Waals surface area contributed by atoms with Gasteiger partial charge in [0.1, 0.15) is 5.76 Å². The first kappa shape index (κ1) is 14.1. The summed E-state index contributed by atoms with van der Waals surface area (Å²) >= 11 is 6.39. The number of nitrogens with one attached hydrogen (secondary N) is 1. The van der Waals surface area contributed by atoms with Crippen molar-refractivity contribution < 1.29 is 4.42 Å². The number of hydrogen-bond donors (Lipinski definition) is 1. The van der Waals surface area contributed by atoms with Crippen LogP contribution < -0.4 is 5.32 Å². The van der Waals surface area contributed by atoms with Crippen LogP contribution in [0, 0.1) is 0 Å². The van der Waals surface area contributed by atoms with Crippen molar-refractivity contribution in [2.75, 3.05) is 5.32 Å². The zero-order chi connectivity index (χ0) is 15.6. The fourth-order valence-electron chi connectivity index (χ4n) is 2.84.